The van der Waals surface area contributed by atoms with Crippen LogP contribution >= 0.6 is 7.82 Å². The minimum absolute atomic E-state index is 0.0274. The molecule has 0 aromatic carbocycles. The number of rotatable bonds is 36. The number of esters is 1. The van der Waals surface area contributed by atoms with Gasteiger partial charge in [-0.15, -0.1) is 0 Å². The molecule has 0 saturated carbocycles. The van der Waals surface area contributed by atoms with E-state index in [-0.39, 0.29) is 38.8 Å². The monoisotopic (exact) mass is 686 g/mol. The van der Waals surface area contributed by atoms with Gasteiger partial charge in [0, 0.05) is 13.0 Å². The summed E-state index contributed by atoms with van der Waals surface area (Å²) in [6.07, 6.45) is 39.6. The summed E-state index contributed by atoms with van der Waals surface area (Å²) in [6, 6.07) is 0. The minimum atomic E-state index is -4.29. The molecule has 8 nitrogen and oxygen atoms in total. The predicted octanol–water partition coefficient (Wildman–Crippen LogP) is 11.0. The zero-order chi connectivity index (χ0) is 34.5. The van der Waals surface area contributed by atoms with Crippen molar-refractivity contribution in [1.82, 2.24) is 0 Å². The molecule has 0 saturated heterocycles. The van der Waals surface area contributed by atoms with E-state index in [2.05, 4.69) is 38.2 Å². The lowest BCUT2D eigenvalue weighted by atomic mass is 10.0. The number of hydrogen-bond donors (Lipinski definition) is 2. The summed E-state index contributed by atoms with van der Waals surface area (Å²) in [5, 5.41) is 0. The average Bonchev–Trinajstić information content (AvgIpc) is 3.06. The van der Waals surface area contributed by atoms with E-state index in [9.17, 15) is 14.3 Å². The van der Waals surface area contributed by atoms with Gasteiger partial charge >= 0.3 is 13.8 Å². The van der Waals surface area contributed by atoms with E-state index >= 15 is 0 Å². The van der Waals surface area contributed by atoms with Gasteiger partial charge in [-0.05, 0) is 51.0 Å². The maximum absolute atomic E-state index is 12.5. The molecule has 1 unspecified atom stereocenters. The molecule has 0 aliphatic heterocycles. The number of phosphoric ester groups is 1. The van der Waals surface area contributed by atoms with Crippen LogP contribution in [0.25, 0.3) is 0 Å². The highest BCUT2D eigenvalue weighted by Gasteiger charge is 2.25. The molecule has 0 fully saturated rings. The molecule has 0 aliphatic rings. The van der Waals surface area contributed by atoms with Gasteiger partial charge in [-0.25, -0.2) is 4.57 Å². The van der Waals surface area contributed by atoms with Gasteiger partial charge in [-0.1, -0.05) is 141 Å². The molecule has 0 aromatic heterocycles. The van der Waals surface area contributed by atoms with E-state index in [1.165, 1.54) is 89.9 Å². The summed E-state index contributed by atoms with van der Waals surface area (Å²) in [6.45, 7) is 4.17. The topological polar surface area (TPSA) is 117 Å². The molecular weight excluding hydrogens is 613 g/mol. The molecule has 0 rings (SSSR count). The van der Waals surface area contributed by atoms with Gasteiger partial charge in [-0.2, -0.15) is 0 Å². The van der Waals surface area contributed by atoms with Crippen molar-refractivity contribution < 1.29 is 32.8 Å². The van der Waals surface area contributed by atoms with Crippen LogP contribution < -0.4 is 5.73 Å². The van der Waals surface area contributed by atoms with Gasteiger partial charge in [0.2, 0.25) is 0 Å². The van der Waals surface area contributed by atoms with Gasteiger partial charge in [0.1, 0.15) is 6.61 Å². The summed E-state index contributed by atoms with van der Waals surface area (Å²) in [4.78, 5) is 22.3. The Morgan fingerprint density at radius 2 is 1.17 bits per heavy atom. The lowest BCUT2D eigenvalue weighted by Gasteiger charge is -2.19. The number of phosphoric acid groups is 1. The van der Waals surface area contributed by atoms with Crippen molar-refractivity contribution in [3.8, 4) is 0 Å². The van der Waals surface area contributed by atoms with E-state index in [0.29, 0.717) is 0 Å². The number of ether oxygens (including phenoxy) is 2. The first-order chi connectivity index (χ1) is 22.9. The van der Waals surface area contributed by atoms with Gasteiger partial charge in [-0.3, -0.25) is 13.8 Å². The SMILES string of the molecule is CCCC/C=C\C/C=C\CCCCCCCC(=O)O[C@H](CO/C=C\CCCCCCCCCCCCCC)COP(=O)(O)OCCN. The highest BCUT2D eigenvalue weighted by molar-refractivity contribution is 7.47. The summed E-state index contributed by atoms with van der Waals surface area (Å²) in [5.41, 5.74) is 5.34. The Kier molecular flexibility index (Phi) is 34.8. The second kappa shape index (κ2) is 35.9. The van der Waals surface area contributed by atoms with Crippen LogP contribution in [-0.4, -0.2) is 43.3 Å². The van der Waals surface area contributed by atoms with Crippen molar-refractivity contribution >= 4 is 13.8 Å². The molecule has 0 aromatic rings. The third-order valence-corrected chi connectivity index (χ3v) is 8.86. The molecule has 276 valence electrons. The number of hydrogen-bond acceptors (Lipinski definition) is 7. The Bertz CT molecular complexity index is 818. The number of nitrogens with two attached hydrogens (primary N) is 1. The Labute approximate surface area is 288 Å². The van der Waals surface area contributed by atoms with Crippen LogP contribution in [0.1, 0.15) is 168 Å². The smallest absolute Gasteiger partial charge is 0.472 e. The lowest BCUT2D eigenvalue weighted by molar-refractivity contribution is -0.153. The Morgan fingerprint density at radius 1 is 0.660 bits per heavy atom. The largest absolute Gasteiger partial charge is 0.498 e. The van der Waals surface area contributed by atoms with E-state index < -0.39 is 13.9 Å². The first-order valence-corrected chi connectivity index (χ1v) is 20.5. The van der Waals surface area contributed by atoms with Gasteiger partial charge < -0.3 is 20.1 Å². The standard InChI is InChI=1S/C38H72NO7P/c1-3-5-7-9-11-13-15-17-19-21-23-25-27-29-31-38(40)46-37(36-45-47(41,42)44-34-32-39)35-43-33-30-28-26-24-22-20-18-16-14-12-10-8-6-4-2/h9,11,15,17,30,33,37H,3-8,10,12-14,16,18-29,31-32,34-36,39H2,1-2H3,(H,41,42)/b11-9-,17-15-,33-30-/t37-/m1/s1. The first kappa shape index (κ1) is 45.6. The maximum atomic E-state index is 12.5. The fraction of sp³-hybridized carbons (Fsp3) is 0.816. The second-order valence-electron chi connectivity index (χ2n) is 12.5. The van der Waals surface area contributed by atoms with Crippen LogP contribution in [0.15, 0.2) is 36.6 Å². The molecule has 3 N–H and O–H groups in total. The van der Waals surface area contributed by atoms with Crippen LogP contribution in [-0.2, 0) is 27.9 Å². The quantitative estimate of drug-likeness (QED) is 0.0220. The molecule has 0 aliphatic carbocycles. The van der Waals surface area contributed by atoms with Crippen molar-refractivity contribution in [3.63, 3.8) is 0 Å². The van der Waals surface area contributed by atoms with Crippen LogP contribution in [0.5, 0.6) is 0 Å². The molecule has 47 heavy (non-hydrogen) atoms. The summed E-state index contributed by atoms with van der Waals surface area (Å²) in [7, 11) is -4.29. The second-order valence-corrected chi connectivity index (χ2v) is 14.0. The summed E-state index contributed by atoms with van der Waals surface area (Å²) >= 11 is 0. The third kappa shape index (κ3) is 35.7. The minimum Gasteiger partial charge on any atom is -0.498 e. The molecule has 0 heterocycles. The van der Waals surface area contributed by atoms with Crippen LogP contribution in [0.2, 0.25) is 0 Å². The predicted molar refractivity (Wildman–Crippen MR) is 196 cm³/mol. The van der Waals surface area contributed by atoms with Crippen LogP contribution in [0.4, 0.5) is 0 Å². The number of allylic oxidation sites excluding steroid dienone is 5. The highest BCUT2D eigenvalue weighted by atomic mass is 31.2. The maximum Gasteiger partial charge on any atom is 0.472 e. The van der Waals surface area contributed by atoms with Crippen molar-refractivity contribution in [2.45, 2.75) is 174 Å². The summed E-state index contributed by atoms with van der Waals surface area (Å²) in [5.74, 6) is -0.367. The third-order valence-electron chi connectivity index (χ3n) is 7.87. The van der Waals surface area contributed by atoms with Crippen molar-refractivity contribution in [3.05, 3.63) is 36.6 Å². The molecule has 2 atom stereocenters. The van der Waals surface area contributed by atoms with Crippen molar-refractivity contribution in [2.75, 3.05) is 26.4 Å². The van der Waals surface area contributed by atoms with Crippen molar-refractivity contribution in [2.24, 2.45) is 5.73 Å². The molecule has 9 heteroatoms. The van der Waals surface area contributed by atoms with E-state index in [1.807, 2.05) is 6.08 Å². The van der Waals surface area contributed by atoms with Crippen LogP contribution in [0, 0.1) is 0 Å². The number of carbonyl (C=O) groups excluding carboxylic acids is 1. The normalized spacial score (nSPS) is 14.0. The number of unbranched alkanes of at least 4 members (excludes halogenated alkanes) is 19. The van der Waals surface area contributed by atoms with Gasteiger partial charge in [0.15, 0.2) is 6.10 Å². The van der Waals surface area contributed by atoms with Gasteiger partial charge in [0.25, 0.3) is 0 Å². The molecule has 0 amide bonds. The highest BCUT2D eigenvalue weighted by Crippen LogP contribution is 2.43. The molecule has 0 spiro atoms. The van der Waals surface area contributed by atoms with E-state index in [4.69, 9.17) is 24.3 Å². The first-order valence-electron chi connectivity index (χ1n) is 19.0. The Balaban J connectivity index is 4.17. The zero-order valence-electron chi connectivity index (χ0n) is 30.3. The van der Waals surface area contributed by atoms with E-state index in [1.54, 1.807) is 6.26 Å². The molecule has 0 bridgehead atoms. The van der Waals surface area contributed by atoms with Gasteiger partial charge in [0.05, 0.1) is 19.5 Å². The number of carbonyl (C=O) groups is 1. The fourth-order valence-electron chi connectivity index (χ4n) is 5.04. The molecular formula is C38H72NO7P. The fourth-order valence-corrected chi connectivity index (χ4v) is 5.80. The Morgan fingerprint density at radius 3 is 1.74 bits per heavy atom. The summed E-state index contributed by atoms with van der Waals surface area (Å²) < 4.78 is 33.0. The lowest BCUT2D eigenvalue weighted by Crippen LogP contribution is -2.27. The van der Waals surface area contributed by atoms with E-state index in [0.717, 1.165) is 57.8 Å². The van der Waals surface area contributed by atoms with Crippen LogP contribution in [0.3, 0.4) is 0 Å². The molecule has 0 radical (unpaired) electrons. The zero-order valence-corrected chi connectivity index (χ0v) is 31.2. The average molecular weight is 686 g/mol. The van der Waals surface area contributed by atoms with Crippen molar-refractivity contribution in [1.29, 1.82) is 0 Å². The Hall–Kier alpha value is -1.44.